The van der Waals surface area contributed by atoms with Gasteiger partial charge < -0.3 is 15.1 Å². The van der Waals surface area contributed by atoms with Crippen LogP contribution < -0.4 is 10.2 Å². The van der Waals surface area contributed by atoms with E-state index in [4.69, 9.17) is 11.6 Å². The number of carbonyl (C=O) groups is 2. The molecule has 1 saturated heterocycles. The van der Waals surface area contributed by atoms with E-state index in [0.717, 1.165) is 18.7 Å². The number of thioether (sulfide) groups is 1. The van der Waals surface area contributed by atoms with Gasteiger partial charge in [-0.1, -0.05) is 70.3 Å². The molecule has 0 bridgehead atoms. The number of rotatable bonds is 10. The maximum Gasteiger partial charge on any atom is 0.230 e. The lowest BCUT2D eigenvalue weighted by Gasteiger charge is -2.41. The number of aromatic nitrogens is 2. The van der Waals surface area contributed by atoms with E-state index in [-0.39, 0.29) is 29.0 Å². The predicted molar refractivity (Wildman–Crippen MR) is 132 cm³/mol. The topological polar surface area (TPSA) is 78.4 Å². The molecule has 2 amide bonds. The van der Waals surface area contributed by atoms with Crippen LogP contribution in [0.1, 0.15) is 66.7 Å². The summed E-state index contributed by atoms with van der Waals surface area (Å²) in [6.45, 7) is 13.2. The SMILES string of the molecule is CCCCCCNC(=O)CSc1nc(Cl)cc(N2CCN(C(=O)CC(C)(C)C)C(C)C2)n1. The van der Waals surface area contributed by atoms with Gasteiger partial charge in [0.2, 0.25) is 11.8 Å². The molecule has 1 aliphatic rings. The van der Waals surface area contributed by atoms with Crippen molar-refractivity contribution < 1.29 is 9.59 Å². The molecule has 1 N–H and O–H groups in total. The van der Waals surface area contributed by atoms with E-state index in [9.17, 15) is 9.59 Å². The Balaban J connectivity index is 1.89. The van der Waals surface area contributed by atoms with Crippen LogP contribution in [0.3, 0.4) is 0 Å². The molecule has 1 aromatic rings. The van der Waals surface area contributed by atoms with Crippen molar-refractivity contribution in [2.75, 3.05) is 36.8 Å². The van der Waals surface area contributed by atoms with Crippen molar-refractivity contribution in [3.63, 3.8) is 0 Å². The predicted octanol–water partition coefficient (Wildman–Crippen LogP) is 4.39. The lowest BCUT2D eigenvalue weighted by atomic mass is 9.91. The number of nitrogens with zero attached hydrogens (tertiary/aromatic N) is 4. The van der Waals surface area contributed by atoms with Crippen molar-refractivity contribution in [1.82, 2.24) is 20.2 Å². The first-order valence-electron chi connectivity index (χ1n) is 11.6. The van der Waals surface area contributed by atoms with Crippen molar-refractivity contribution in [2.45, 2.75) is 77.9 Å². The number of unbranched alkanes of at least 4 members (excludes halogenated alkanes) is 3. The minimum atomic E-state index is -0.0258. The van der Waals surface area contributed by atoms with Gasteiger partial charge >= 0.3 is 0 Å². The summed E-state index contributed by atoms with van der Waals surface area (Å²) in [5.41, 5.74) is -0.0258. The number of hydrogen-bond donors (Lipinski definition) is 1. The Bertz CT molecular complexity index is 771. The highest BCUT2D eigenvalue weighted by Gasteiger charge is 2.30. The van der Waals surface area contributed by atoms with Crippen molar-refractivity contribution in [3.8, 4) is 0 Å². The van der Waals surface area contributed by atoms with E-state index in [1.165, 1.54) is 24.6 Å². The number of halogens is 1. The van der Waals surface area contributed by atoms with Crippen LogP contribution in [0, 0.1) is 5.41 Å². The number of nitrogens with one attached hydrogen (secondary N) is 1. The zero-order valence-corrected chi connectivity index (χ0v) is 21.7. The molecule has 0 radical (unpaired) electrons. The molecule has 2 heterocycles. The first kappa shape index (κ1) is 26.7. The Hall–Kier alpha value is -1.54. The van der Waals surface area contributed by atoms with Gasteiger partial charge in [0.1, 0.15) is 11.0 Å². The monoisotopic (exact) mass is 483 g/mol. The Morgan fingerprint density at radius 1 is 1.22 bits per heavy atom. The Labute approximate surface area is 202 Å². The summed E-state index contributed by atoms with van der Waals surface area (Å²) in [5, 5.41) is 3.80. The number of carbonyl (C=O) groups excluding carboxylic acids is 2. The summed E-state index contributed by atoms with van der Waals surface area (Å²) in [7, 11) is 0. The number of anilines is 1. The molecule has 0 saturated carbocycles. The molecular weight excluding hydrogens is 446 g/mol. The fourth-order valence-corrected chi connectivity index (χ4v) is 4.58. The summed E-state index contributed by atoms with van der Waals surface area (Å²) >= 11 is 7.54. The third kappa shape index (κ3) is 9.14. The molecule has 0 aromatic carbocycles. The minimum absolute atomic E-state index is 0.0174. The van der Waals surface area contributed by atoms with Crippen molar-refractivity contribution in [3.05, 3.63) is 11.2 Å². The zero-order chi connectivity index (χ0) is 23.7. The van der Waals surface area contributed by atoms with E-state index in [2.05, 4.69) is 54.8 Å². The van der Waals surface area contributed by atoms with Gasteiger partial charge in [0.05, 0.1) is 5.75 Å². The van der Waals surface area contributed by atoms with Crippen LogP contribution in [0.25, 0.3) is 0 Å². The van der Waals surface area contributed by atoms with Gasteiger partial charge in [-0.3, -0.25) is 9.59 Å². The third-order valence-electron chi connectivity index (χ3n) is 5.30. The van der Waals surface area contributed by atoms with Gasteiger partial charge in [-0.2, -0.15) is 0 Å². The lowest BCUT2D eigenvalue weighted by Crippen LogP contribution is -2.54. The summed E-state index contributed by atoms with van der Waals surface area (Å²) in [6.07, 6.45) is 5.06. The van der Waals surface area contributed by atoms with Crippen LogP contribution in [-0.2, 0) is 9.59 Å². The molecule has 1 unspecified atom stereocenters. The highest BCUT2D eigenvalue weighted by molar-refractivity contribution is 7.99. The first-order chi connectivity index (χ1) is 15.1. The fourth-order valence-electron chi connectivity index (χ4n) is 3.66. The van der Waals surface area contributed by atoms with E-state index in [1.54, 1.807) is 6.07 Å². The van der Waals surface area contributed by atoms with Crippen molar-refractivity contribution in [1.29, 1.82) is 0 Å². The zero-order valence-electron chi connectivity index (χ0n) is 20.1. The lowest BCUT2D eigenvalue weighted by molar-refractivity contribution is -0.135. The van der Waals surface area contributed by atoms with Gasteiger partial charge in [-0.15, -0.1) is 0 Å². The summed E-state index contributed by atoms with van der Waals surface area (Å²) in [5.74, 6) is 1.18. The van der Waals surface area contributed by atoms with Crippen LogP contribution in [0.2, 0.25) is 5.15 Å². The molecule has 32 heavy (non-hydrogen) atoms. The second-order valence-corrected chi connectivity index (χ2v) is 11.0. The van der Waals surface area contributed by atoms with Crippen LogP contribution in [0.15, 0.2) is 11.2 Å². The van der Waals surface area contributed by atoms with E-state index in [0.29, 0.717) is 42.9 Å². The fraction of sp³-hybridized carbons (Fsp3) is 0.739. The van der Waals surface area contributed by atoms with Gasteiger partial charge in [-0.05, 0) is 18.8 Å². The molecule has 180 valence electrons. The first-order valence-corrected chi connectivity index (χ1v) is 12.9. The molecule has 1 aromatic heterocycles. The molecule has 2 rings (SSSR count). The van der Waals surface area contributed by atoms with Crippen LogP contribution in [0.5, 0.6) is 0 Å². The largest absolute Gasteiger partial charge is 0.355 e. The van der Waals surface area contributed by atoms with Crippen molar-refractivity contribution >= 4 is 41.0 Å². The highest BCUT2D eigenvalue weighted by atomic mass is 35.5. The number of piperazine rings is 1. The molecular formula is C23H38ClN5O2S. The van der Waals surface area contributed by atoms with Gasteiger partial charge in [0, 0.05) is 44.7 Å². The Kier molecular flexibility index (Phi) is 10.5. The minimum Gasteiger partial charge on any atom is -0.355 e. The molecule has 1 fully saturated rings. The normalized spacial score (nSPS) is 16.9. The number of hydrogen-bond acceptors (Lipinski definition) is 6. The average molecular weight is 484 g/mol. The molecule has 0 aliphatic carbocycles. The standard InChI is InChI=1S/C23H38ClN5O2S/c1-6-7-8-9-10-25-20(30)16-32-22-26-18(24)13-19(27-22)28-11-12-29(17(2)15-28)21(31)14-23(3,4)5/h13,17H,6-12,14-16H2,1-5H3,(H,25,30). The molecule has 0 spiro atoms. The van der Waals surface area contributed by atoms with E-state index in [1.807, 2.05) is 4.90 Å². The smallest absolute Gasteiger partial charge is 0.230 e. The molecule has 1 atom stereocenters. The maximum absolute atomic E-state index is 12.7. The quantitative estimate of drug-likeness (QED) is 0.230. The summed E-state index contributed by atoms with van der Waals surface area (Å²) in [4.78, 5) is 37.8. The maximum atomic E-state index is 12.7. The van der Waals surface area contributed by atoms with Crippen molar-refractivity contribution in [2.24, 2.45) is 5.41 Å². The van der Waals surface area contributed by atoms with Gasteiger partial charge in [-0.25, -0.2) is 9.97 Å². The average Bonchev–Trinajstić information content (AvgIpc) is 2.70. The van der Waals surface area contributed by atoms with Gasteiger partial charge in [0.25, 0.3) is 0 Å². The third-order valence-corrected chi connectivity index (χ3v) is 6.34. The molecule has 7 nitrogen and oxygen atoms in total. The summed E-state index contributed by atoms with van der Waals surface area (Å²) in [6, 6.07) is 1.83. The second kappa shape index (κ2) is 12.6. The second-order valence-electron chi connectivity index (χ2n) is 9.65. The van der Waals surface area contributed by atoms with Crippen LogP contribution in [0.4, 0.5) is 5.82 Å². The Morgan fingerprint density at radius 2 is 1.97 bits per heavy atom. The molecule has 1 aliphatic heterocycles. The van der Waals surface area contributed by atoms with E-state index < -0.39 is 0 Å². The van der Waals surface area contributed by atoms with E-state index >= 15 is 0 Å². The van der Waals surface area contributed by atoms with Crippen LogP contribution in [-0.4, -0.2) is 64.7 Å². The van der Waals surface area contributed by atoms with Gasteiger partial charge in [0.15, 0.2) is 5.16 Å². The Morgan fingerprint density at radius 3 is 2.62 bits per heavy atom. The summed E-state index contributed by atoms with van der Waals surface area (Å²) < 4.78 is 0. The van der Waals surface area contributed by atoms with Crippen LogP contribution >= 0.6 is 23.4 Å². The molecule has 9 heteroatoms. The number of amides is 2. The highest BCUT2D eigenvalue weighted by Crippen LogP contribution is 2.26.